The number of nitrogens with zero attached hydrogens (tertiary/aromatic N) is 1. The molecule has 17 heavy (non-hydrogen) atoms. The normalized spacial score (nSPS) is 13.4. The zero-order valence-electron chi connectivity index (χ0n) is 10.7. The number of hydrogen-bond donors (Lipinski definition) is 0. The maximum absolute atomic E-state index is 5.83. The smallest absolute Gasteiger partial charge is 0.484 e. The predicted octanol–water partition coefficient (Wildman–Crippen LogP) is 1.66. The Labute approximate surface area is 103 Å². The van der Waals surface area contributed by atoms with Crippen LogP contribution in [0, 0.1) is 0 Å². The molecule has 0 aromatic carbocycles. The lowest BCUT2D eigenvalue weighted by molar-refractivity contribution is 0.0665. The second-order valence-corrected chi connectivity index (χ2v) is 6.50. The summed E-state index contributed by atoms with van der Waals surface area (Å²) in [5.74, 6) is 0.683. The fraction of sp³-hybridized carbons (Fsp3) is 0.545. The molecule has 1 aromatic rings. The zero-order chi connectivity index (χ0) is 12.7. The average Bonchev–Trinajstić information content (AvgIpc) is 2.41. The van der Waals surface area contributed by atoms with Crippen LogP contribution in [-0.2, 0) is 13.3 Å². The van der Waals surface area contributed by atoms with Gasteiger partial charge in [-0.25, -0.2) is 0 Å². The first kappa shape index (κ1) is 14.1. The summed E-state index contributed by atoms with van der Waals surface area (Å²) in [4.78, 5) is 4.00. The molecule has 1 atom stereocenters. The van der Waals surface area contributed by atoms with Crippen molar-refractivity contribution in [3.05, 3.63) is 24.5 Å². The quantitative estimate of drug-likeness (QED) is 0.695. The third-order valence-corrected chi connectivity index (χ3v) is 5.55. The molecule has 0 fully saturated rings. The van der Waals surface area contributed by atoms with Gasteiger partial charge in [-0.1, -0.05) is 6.92 Å². The van der Waals surface area contributed by atoms with Crippen molar-refractivity contribution in [1.82, 2.24) is 4.98 Å². The monoisotopic (exact) mass is 257 g/mol. The van der Waals surface area contributed by atoms with Gasteiger partial charge in [-0.15, -0.1) is 0 Å². The first-order chi connectivity index (χ1) is 8.22. The summed E-state index contributed by atoms with van der Waals surface area (Å²) in [5, 5.41) is 0. The predicted molar refractivity (Wildman–Crippen MR) is 65.7 cm³/mol. The molecular formula is C11H19NO4Si. The maximum Gasteiger partial charge on any atom is 0.543 e. The molecule has 1 aromatic heterocycles. The largest absolute Gasteiger partial charge is 0.543 e. The molecule has 0 aliphatic heterocycles. The topological polar surface area (TPSA) is 49.8 Å². The SMILES string of the molecule is CCC(Oc1cccnc1)[Si](OC)(OC)OC. The third kappa shape index (κ3) is 3.26. The van der Waals surface area contributed by atoms with Gasteiger partial charge in [0, 0.05) is 27.5 Å². The van der Waals surface area contributed by atoms with E-state index in [9.17, 15) is 0 Å². The van der Waals surface area contributed by atoms with Gasteiger partial charge in [0.1, 0.15) is 5.75 Å². The second-order valence-electron chi connectivity index (χ2n) is 3.42. The van der Waals surface area contributed by atoms with Crippen LogP contribution in [0.15, 0.2) is 24.5 Å². The standard InChI is InChI=1S/C11H19NO4Si/c1-5-11(17(13-2,14-3)15-4)16-10-7-6-8-12-9-10/h6-9,11H,5H2,1-4H3. The number of aromatic nitrogens is 1. The third-order valence-electron chi connectivity index (χ3n) is 2.53. The molecule has 0 saturated carbocycles. The molecule has 0 radical (unpaired) electrons. The van der Waals surface area contributed by atoms with E-state index >= 15 is 0 Å². The van der Waals surface area contributed by atoms with Gasteiger partial charge in [-0.3, -0.25) is 4.98 Å². The first-order valence-electron chi connectivity index (χ1n) is 5.44. The number of ether oxygens (including phenoxy) is 1. The summed E-state index contributed by atoms with van der Waals surface area (Å²) in [6.07, 6.45) is 4.08. The van der Waals surface area contributed by atoms with Crippen molar-refractivity contribution in [2.75, 3.05) is 21.3 Å². The molecule has 0 aliphatic carbocycles. The molecule has 0 amide bonds. The van der Waals surface area contributed by atoms with E-state index in [1.165, 1.54) is 0 Å². The highest BCUT2D eigenvalue weighted by molar-refractivity contribution is 6.62. The summed E-state index contributed by atoms with van der Waals surface area (Å²) in [6.45, 7) is 2.00. The van der Waals surface area contributed by atoms with Crippen LogP contribution in [0.4, 0.5) is 0 Å². The fourth-order valence-corrected chi connectivity index (χ4v) is 3.70. The van der Waals surface area contributed by atoms with Crippen LogP contribution >= 0.6 is 0 Å². The molecule has 1 rings (SSSR count). The van der Waals surface area contributed by atoms with Gasteiger partial charge in [0.25, 0.3) is 0 Å². The molecule has 5 nitrogen and oxygen atoms in total. The lowest BCUT2D eigenvalue weighted by Crippen LogP contribution is -2.56. The number of hydrogen-bond acceptors (Lipinski definition) is 5. The Balaban J connectivity index is 2.83. The Morgan fingerprint density at radius 1 is 1.24 bits per heavy atom. The van der Waals surface area contributed by atoms with Crippen molar-refractivity contribution in [1.29, 1.82) is 0 Å². The molecule has 6 heteroatoms. The first-order valence-corrected chi connectivity index (χ1v) is 7.24. The van der Waals surface area contributed by atoms with E-state index in [-0.39, 0.29) is 5.73 Å². The lowest BCUT2D eigenvalue weighted by atomic mass is 10.4. The lowest BCUT2D eigenvalue weighted by Gasteiger charge is -2.31. The van der Waals surface area contributed by atoms with E-state index in [2.05, 4.69) is 4.98 Å². The highest BCUT2D eigenvalue weighted by Crippen LogP contribution is 2.21. The van der Waals surface area contributed by atoms with Crippen LogP contribution in [0.3, 0.4) is 0 Å². The van der Waals surface area contributed by atoms with Crippen molar-refractivity contribution < 1.29 is 18.0 Å². The second kappa shape index (κ2) is 6.70. The highest BCUT2D eigenvalue weighted by Gasteiger charge is 2.48. The minimum atomic E-state index is -2.78. The van der Waals surface area contributed by atoms with E-state index < -0.39 is 8.80 Å². The number of pyridine rings is 1. The zero-order valence-corrected chi connectivity index (χ0v) is 11.7. The Hall–Kier alpha value is -0.953. The Morgan fingerprint density at radius 3 is 2.29 bits per heavy atom. The van der Waals surface area contributed by atoms with E-state index in [1.807, 2.05) is 19.1 Å². The minimum Gasteiger partial charge on any atom is -0.484 e. The number of rotatable bonds is 7. The van der Waals surface area contributed by atoms with Gasteiger partial charge in [0.05, 0.1) is 6.20 Å². The minimum absolute atomic E-state index is 0.244. The van der Waals surface area contributed by atoms with Gasteiger partial charge < -0.3 is 18.0 Å². The maximum atomic E-state index is 5.83. The highest BCUT2D eigenvalue weighted by atomic mass is 28.4. The van der Waals surface area contributed by atoms with E-state index in [4.69, 9.17) is 18.0 Å². The Kier molecular flexibility index (Phi) is 5.56. The molecule has 0 spiro atoms. The summed E-state index contributed by atoms with van der Waals surface area (Å²) >= 11 is 0. The van der Waals surface area contributed by atoms with Crippen LogP contribution in [-0.4, -0.2) is 40.8 Å². The van der Waals surface area contributed by atoms with Crippen LogP contribution in [0.25, 0.3) is 0 Å². The Morgan fingerprint density at radius 2 is 1.88 bits per heavy atom. The summed E-state index contributed by atoms with van der Waals surface area (Å²) in [6, 6.07) is 3.66. The van der Waals surface area contributed by atoms with Crippen molar-refractivity contribution in [3.8, 4) is 5.75 Å². The molecule has 0 bridgehead atoms. The van der Waals surface area contributed by atoms with Gasteiger partial charge in [-0.05, 0) is 18.6 Å². The van der Waals surface area contributed by atoms with E-state index in [1.54, 1.807) is 33.7 Å². The van der Waals surface area contributed by atoms with Crippen molar-refractivity contribution in [2.45, 2.75) is 19.1 Å². The van der Waals surface area contributed by atoms with E-state index in [0.717, 1.165) is 6.42 Å². The van der Waals surface area contributed by atoms with Gasteiger partial charge in [0.2, 0.25) is 0 Å². The van der Waals surface area contributed by atoms with Crippen molar-refractivity contribution in [2.24, 2.45) is 0 Å². The van der Waals surface area contributed by atoms with Gasteiger partial charge in [-0.2, -0.15) is 0 Å². The van der Waals surface area contributed by atoms with Crippen LogP contribution in [0.2, 0.25) is 0 Å². The summed E-state index contributed by atoms with van der Waals surface area (Å²) in [7, 11) is 1.95. The summed E-state index contributed by atoms with van der Waals surface area (Å²) in [5.41, 5.74) is -0.244. The van der Waals surface area contributed by atoms with Crippen LogP contribution in [0.5, 0.6) is 5.75 Å². The Bertz CT molecular complexity index is 310. The average molecular weight is 257 g/mol. The van der Waals surface area contributed by atoms with E-state index in [0.29, 0.717) is 5.75 Å². The molecule has 1 heterocycles. The molecule has 0 N–H and O–H groups in total. The van der Waals surface area contributed by atoms with Crippen molar-refractivity contribution >= 4 is 8.80 Å². The molecular weight excluding hydrogens is 238 g/mol. The molecule has 0 aliphatic rings. The molecule has 0 saturated heterocycles. The van der Waals surface area contributed by atoms with Gasteiger partial charge in [0.15, 0.2) is 5.73 Å². The fourth-order valence-electron chi connectivity index (χ4n) is 1.63. The summed E-state index contributed by atoms with van der Waals surface area (Å²) < 4.78 is 22.1. The molecule has 1 unspecified atom stereocenters. The van der Waals surface area contributed by atoms with Crippen LogP contribution in [0.1, 0.15) is 13.3 Å². The van der Waals surface area contributed by atoms with Crippen LogP contribution < -0.4 is 4.74 Å². The van der Waals surface area contributed by atoms with Gasteiger partial charge >= 0.3 is 8.80 Å². The van der Waals surface area contributed by atoms with Crippen molar-refractivity contribution in [3.63, 3.8) is 0 Å². The molecule has 96 valence electrons.